The van der Waals surface area contributed by atoms with Gasteiger partial charge in [-0.05, 0) is 49.9 Å². The number of hydrogen-bond donors (Lipinski definition) is 3. The third-order valence-corrected chi connectivity index (χ3v) is 5.27. The summed E-state index contributed by atoms with van der Waals surface area (Å²) in [6, 6.07) is 10.8. The Hall–Kier alpha value is -3.06. The molecule has 2 amide bonds. The minimum atomic E-state index is -0.697. The molecule has 29 heavy (non-hydrogen) atoms. The van der Waals surface area contributed by atoms with Crippen LogP contribution in [0.4, 0.5) is 5.69 Å². The first-order valence-electron chi connectivity index (χ1n) is 9.54. The van der Waals surface area contributed by atoms with Crippen LogP contribution >= 0.6 is 11.6 Å². The van der Waals surface area contributed by atoms with Crippen molar-refractivity contribution in [3.63, 3.8) is 0 Å². The first kappa shape index (κ1) is 19.3. The van der Waals surface area contributed by atoms with E-state index in [2.05, 4.69) is 20.6 Å². The number of carbonyl (C=O) groups excluding carboxylic acids is 2. The molecule has 0 spiro atoms. The van der Waals surface area contributed by atoms with Crippen LogP contribution < -0.4 is 15.4 Å². The van der Waals surface area contributed by atoms with Gasteiger partial charge in [0.25, 0.3) is 0 Å². The Labute approximate surface area is 172 Å². The molecular weight excluding hydrogens is 392 g/mol. The fourth-order valence-electron chi connectivity index (χ4n) is 3.54. The molecule has 0 aliphatic heterocycles. The van der Waals surface area contributed by atoms with Crippen molar-refractivity contribution in [3.8, 4) is 5.88 Å². The van der Waals surface area contributed by atoms with Crippen molar-refractivity contribution in [2.75, 3.05) is 5.32 Å². The van der Waals surface area contributed by atoms with Gasteiger partial charge in [-0.15, -0.1) is 0 Å². The average molecular weight is 413 g/mol. The van der Waals surface area contributed by atoms with Gasteiger partial charge in [0.15, 0.2) is 0 Å². The van der Waals surface area contributed by atoms with E-state index in [0.717, 1.165) is 36.6 Å². The number of anilines is 1. The summed E-state index contributed by atoms with van der Waals surface area (Å²) in [5.41, 5.74) is 1.35. The lowest BCUT2D eigenvalue weighted by Gasteiger charge is -2.29. The number of aromatic amines is 1. The molecule has 0 radical (unpaired) electrons. The molecule has 4 rings (SSSR count). The van der Waals surface area contributed by atoms with Crippen LogP contribution in [0.2, 0.25) is 5.02 Å². The molecule has 7 nitrogen and oxygen atoms in total. The van der Waals surface area contributed by atoms with Crippen LogP contribution in [0.1, 0.15) is 25.7 Å². The number of fused-ring (bicyclic) bond motifs is 1. The van der Waals surface area contributed by atoms with E-state index in [-0.39, 0.29) is 12.1 Å². The van der Waals surface area contributed by atoms with Crippen LogP contribution in [0, 0.1) is 0 Å². The van der Waals surface area contributed by atoms with Gasteiger partial charge in [-0.1, -0.05) is 17.7 Å². The quantitative estimate of drug-likeness (QED) is 0.570. The van der Waals surface area contributed by atoms with Gasteiger partial charge < -0.3 is 20.4 Å². The van der Waals surface area contributed by atoms with Crippen molar-refractivity contribution >= 4 is 40.0 Å². The summed E-state index contributed by atoms with van der Waals surface area (Å²) in [7, 11) is 0. The molecule has 1 fully saturated rings. The van der Waals surface area contributed by atoms with E-state index < -0.39 is 11.8 Å². The summed E-state index contributed by atoms with van der Waals surface area (Å²) >= 11 is 6.02. The minimum absolute atomic E-state index is 0.0470. The summed E-state index contributed by atoms with van der Waals surface area (Å²) < 4.78 is 5.86. The summed E-state index contributed by atoms with van der Waals surface area (Å²) in [4.78, 5) is 31.8. The van der Waals surface area contributed by atoms with Crippen LogP contribution in [-0.4, -0.2) is 33.9 Å². The predicted molar refractivity (Wildman–Crippen MR) is 111 cm³/mol. The SMILES string of the molecule is O=C(Nc1c[nH]c2ccc(Cl)cc12)C(=O)NC1CCC(Oc2ccccn2)CC1. The molecular formula is C21H21ClN4O3. The lowest BCUT2D eigenvalue weighted by atomic mass is 9.93. The maximum Gasteiger partial charge on any atom is 0.313 e. The minimum Gasteiger partial charge on any atom is -0.474 e. The number of nitrogens with zero attached hydrogens (tertiary/aromatic N) is 1. The first-order valence-corrected chi connectivity index (χ1v) is 9.92. The Morgan fingerprint density at radius 3 is 2.69 bits per heavy atom. The van der Waals surface area contributed by atoms with Crippen LogP contribution in [-0.2, 0) is 9.59 Å². The predicted octanol–water partition coefficient (Wildman–Crippen LogP) is 3.66. The lowest BCUT2D eigenvalue weighted by molar-refractivity contribution is -0.136. The van der Waals surface area contributed by atoms with Gasteiger partial charge in [-0.2, -0.15) is 0 Å². The van der Waals surface area contributed by atoms with Gasteiger partial charge in [0, 0.05) is 40.4 Å². The van der Waals surface area contributed by atoms with Gasteiger partial charge in [0.2, 0.25) is 5.88 Å². The second-order valence-corrected chi connectivity index (χ2v) is 7.52. The zero-order valence-electron chi connectivity index (χ0n) is 15.7. The highest BCUT2D eigenvalue weighted by atomic mass is 35.5. The maximum absolute atomic E-state index is 12.3. The number of pyridine rings is 1. The standard InChI is InChI=1S/C21H21ClN4O3/c22-13-4-9-17-16(11-13)18(12-24-17)26-21(28)20(27)25-14-5-7-15(8-6-14)29-19-3-1-2-10-23-19/h1-4,9-12,14-15,24H,5-8H2,(H,25,27)(H,26,28). The van der Waals surface area contributed by atoms with Crippen LogP contribution in [0.5, 0.6) is 5.88 Å². The third-order valence-electron chi connectivity index (χ3n) is 5.03. The molecule has 0 saturated heterocycles. The van der Waals surface area contributed by atoms with Crippen LogP contribution in [0.3, 0.4) is 0 Å². The lowest BCUT2D eigenvalue weighted by Crippen LogP contribution is -2.44. The largest absolute Gasteiger partial charge is 0.474 e. The summed E-state index contributed by atoms with van der Waals surface area (Å²) in [5, 5.41) is 6.78. The van der Waals surface area contributed by atoms with E-state index in [1.54, 1.807) is 24.5 Å². The van der Waals surface area contributed by atoms with Crippen LogP contribution in [0.25, 0.3) is 10.9 Å². The van der Waals surface area contributed by atoms with Gasteiger partial charge >= 0.3 is 11.8 Å². The molecule has 1 aliphatic carbocycles. The van der Waals surface area contributed by atoms with E-state index >= 15 is 0 Å². The summed E-state index contributed by atoms with van der Waals surface area (Å²) in [6.45, 7) is 0. The monoisotopic (exact) mass is 412 g/mol. The molecule has 0 atom stereocenters. The van der Waals surface area contributed by atoms with Crippen molar-refractivity contribution in [3.05, 3.63) is 53.8 Å². The van der Waals surface area contributed by atoms with Gasteiger partial charge in [0.05, 0.1) is 5.69 Å². The molecule has 8 heteroatoms. The molecule has 2 heterocycles. The van der Waals surface area contributed by atoms with Crippen molar-refractivity contribution in [2.45, 2.75) is 37.8 Å². The fourth-order valence-corrected chi connectivity index (χ4v) is 3.71. The fraction of sp³-hybridized carbons (Fsp3) is 0.286. The number of aromatic nitrogens is 2. The Bertz CT molecular complexity index is 1010. The van der Waals surface area contributed by atoms with Crippen molar-refractivity contribution in [1.29, 1.82) is 0 Å². The van der Waals surface area contributed by atoms with Gasteiger partial charge in [-0.25, -0.2) is 4.98 Å². The molecule has 0 bridgehead atoms. The number of carbonyl (C=O) groups is 2. The van der Waals surface area contributed by atoms with E-state index in [1.165, 1.54) is 0 Å². The number of halogens is 1. The number of nitrogens with one attached hydrogen (secondary N) is 3. The zero-order chi connectivity index (χ0) is 20.2. The number of benzene rings is 1. The van der Waals surface area contributed by atoms with Crippen LogP contribution in [0.15, 0.2) is 48.8 Å². The molecule has 1 aliphatic rings. The van der Waals surface area contributed by atoms with Crippen molar-refractivity contribution in [2.24, 2.45) is 0 Å². The topological polar surface area (TPSA) is 96.1 Å². The van der Waals surface area contributed by atoms with E-state index in [9.17, 15) is 9.59 Å². The third kappa shape index (κ3) is 4.68. The van der Waals surface area contributed by atoms with E-state index in [4.69, 9.17) is 16.3 Å². The Morgan fingerprint density at radius 1 is 1.10 bits per heavy atom. The number of H-pyrrole nitrogens is 1. The highest BCUT2D eigenvalue weighted by Crippen LogP contribution is 2.26. The summed E-state index contributed by atoms with van der Waals surface area (Å²) in [6.07, 6.45) is 6.50. The molecule has 2 aromatic heterocycles. The molecule has 3 aromatic rings. The first-order chi connectivity index (χ1) is 14.1. The highest BCUT2D eigenvalue weighted by molar-refractivity contribution is 6.40. The van der Waals surface area contributed by atoms with E-state index in [0.29, 0.717) is 16.6 Å². The second kappa shape index (κ2) is 8.53. The number of rotatable bonds is 4. The van der Waals surface area contributed by atoms with Crippen molar-refractivity contribution in [1.82, 2.24) is 15.3 Å². The Balaban J connectivity index is 1.28. The van der Waals surface area contributed by atoms with Crippen molar-refractivity contribution < 1.29 is 14.3 Å². The summed E-state index contributed by atoms with van der Waals surface area (Å²) in [5.74, 6) is -0.730. The smallest absolute Gasteiger partial charge is 0.313 e. The molecule has 3 N–H and O–H groups in total. The molecule has 1 aromatic carbocycles. The number of amides is 2. The zero-order valence-corrected chi connectivity index (χ0v) is 16.4. The number of ether oxygens (including phenoxy) is 1. The Kier molecular flexibility index (Phi) is 5.67. The molecule has 0 unspecified atom stereocenters. The molecule has 150 valence electrons. The van der Waals surface area contributed by atoms with Gasteiger partial charge in [-0.3, -0.25) is 9.59 Å². The normalized spacial score (nSPS) is 18.9. The Morgan fingerprint density at radius 2 is 1.93 bits per heavy atom. The number of hydrogen-bond acceptors (Lipinski definition) is 4. The van der Waals surface area contributed by atoms with Gasteiger partial charge in [0.1, 0.15) is 6.10 Å². The second-order valence-electron chi connectivity index (χ2n) is 7.08. The average Bonchev–Trinajstić information content (AvgIpc) is 3.12. The molecule has 1 saturated carbocycles. The van der Waals surface area contributed by atoms with E-state index in [1.807, 2.05) is 24.3 Å². The maximum atomic E-state index is 12.3. The highest BCUT2D eigenvalue weighted by Gasteiger charge is 2.26.